The molecule has 126 valence electrons. The lowest BCUT2D eigenvalue weighted by molar-refractivity contribution is 0.194. The summed E-state index contributed by atoms with van der Waals surface area (Å²) in [6, 6.07) is 15.1. The number of rotatable bonds is 6. The number of carboxylic acid groups (broad SMARTS) is 1. The number of hydrogen-bond donors (Lipinski definition) is 3. The minimum Gasteiger partial charge on any atom is -0.465 e. The molecule has 0 unspecified atom stereocenters. The summed E-state index contributed by atoms with van der Waals surface area (Å²) in [5.41, 5.74) is 6.54. The van der Waals surface area contributed by atoms with E-state index in [-0.39, 0.29) is 6.54 Å². The Morgan fingerprint density at radius 2 is 1.92 bits per heavy atom. The van der Waals surface area contributed by atoms with Crippen molar-refractivity contribution >= 4 is 18.0 Å². The second-order valence-corrected chi connectivity index (χ2v) is 5.21. The zero-order valence-corrected chi connectivity index (χ0v) is 13.2. The van der Waals surface area contributed by atoms with Crippen LogP contribution in [-0.4, -0.2) is 22.4 Å². The molecule has 2 aromatic carbocycles. The third-order valence-electron chi connectivity index (χ3n) is 3.43. The largest absolute Gasteiger partial charge is 0.465 e. The third-order valence-corrected chi connectivity index (χ3v) is 3.43. The zero-order valence-electron chi connectivity index (χ0n) is 13.2. The first-order valence-electron chi connectivity index (χ1n) is 7.54. The van der Waals surface area contributed by atoms with Crippen LogP contribution >= 0.6 is 0 Å². The van der Waals surface area contributed by atoms with Crippen molar-refractivity contribution in [2.45, 2.75) is 6.54 Å². The van der Waals surface area contributed by atoms with Gasteiger partial charge in [-0.2, -0.15) is 5.10 Å². The minimum absolute atomic E-state index is 0.280. The van der Waals surface area contributed by atoms with E-state index < -0.39 is 6.09 Å². The van der Waals surface area contributed by atoms with Gasteiger partial charge in [-0.1, -0.05) is 24.3 Å². The molecule has 0 bridgehead atoms. The molecule has 1 heterocycles. The van der Waals surface area contributed by atoms with E-state index in [0.29, 0.717) is 5.76 Å². The van der Waals surface area contributed by atoms with E-state index in [4.69, 9.17) is 9.52 Å². The lowest BCUT2D eigenvalue weighted by Crippen LogP contribution is -2.19. The maximum Gasteiger partial charge on any atom is 0.404 e. The van der Waals surface area contributed by atoms with Gasteiger partial charge in [0.1, 0.15) is 0 Å². The van der Waals surface area contributed by atoms with E-state index in [1.54, 1.807) is 12.4 Å². The molecule has 25 heavy (non-hydrogen) atoms. The number of amides is 1. The molecule has 3 N–H and O–H groups in total. The Morgan fingerprint density at radius 3 is 2.56 bits per heavy atom. The topological polar surface area (TPSA) is 99.8 Å². The normalized spacial score (nSPS) is 10.7. The van der Waals surface area contributed by atoms with Crippen LogP contribution in [0.3, 0.4) is 0 Å². The summed E-state index contributed by atoms with van der Waals surface area (Å²) in [6.07, 6.45) is 3.72. The molecule has 3 aromatic rings. The fourth-order valence-corrected chi connectivity index (χ4v) is 2.15. The molecule has 0 aliphatic heterocycles. The van der Waals surface area contributed by atoms with Gasteiger partial charge < -0.3 is 14.8 Å². The highest BCUT2D eigenvalue weighted by Gasteiger charge is 2.00. The zero-order chi connectivity index (χ0) is 17.5. The number of nitrogens with zero attached hydrogens (tertiary/aromatic N) is 2. The summed E-state index contributed by atoms with van der Waals surface area (Å²) in [6.45, 7) is 0.280. The number of aromatic nitrogens is 1. The van der Waals surface area contributed by atoms with Crippen LogP contribution in [0.25, 0.3) is 11.3 Å². The Kier molecular flexibility index (Phi) is 5.06. The van der Waals surface area contributed by atoms with Crippen molar-refractivity contribution in [2.24, 2.45) is 5.10 Å². The van der Waals surface area contributed by atoms with Gasteiger partial charge in [0.15, 0.2) is 12.2 Å². The van der Waals surface area contributed by atoms with Crippen LogP contribution < -0.4 is 10.7 Å². The van der Waals surface area contributed by atoms with Gasteiger partial charge in [-0.15, -0.1) is 0 Å². The number of nitrogens with one attached hydrogen (secondary N) is 2. The van der Waals surface area contributed by atoms with Gasteiger partial charge in [0, 0.05) is 12.1 Å². The molecule has 0 saturated carbocycles. The average molecular weight is 336 g/mol. The Hall–Kier alpha value is -3.61. The van der Waals surface area contributed by atoms with E-state index in [0.717, 1.165) is 22.4 Å². The molecule has 7 nitrogen and oxygen atoms in total. The smallest absolute Gasteiger partial charge is 0.404 e. The molecule has 1 amide bonds. The van der Waals surface area contributed by atoms with Crippen LogP contribution in [0.4, 0.5) is 10.5 Å². The van der Waals surface area contributed by atoms with Crippen LogP contribution in [0.2, 0.25) is 0 Å². The van der Waals surface area contributed by atoms with Gasteiger partial charge in [-0.3, -0.25) is 5.43 Å². The summed E-state index contributed by atoms with van der Waals surface area (Å²) in [4.78, 5) is 14.3. The maximum atomic E-state index is 10.5. The molecule has 0 radical (unpaired) electrons. The number of hydrogen-bond acceptors (Lipinski definition) is 5. The predicted octanol–water partition coefficient (Wildman–Crippen LogP) is 3.56. The van der Waals surface area contributed by atoms with Crippen molar-refractivity contribution in [1.82, 2.24) is 10.3 Å². The molecule has 0 spiro atoms. The number of anilines is 1. The average Bonchev–Trinajstić information content (AvgIpc) is 3.16. The van der Waals surface area contributed by atoms with Crippen molar-refractivity contribution in [1.29, 1.82) is 0 Å². The number of hydrazone groups is 1. The summed E-state index contributed by atoms with van der Waals surface area (Å²) in [7, 11) is 0. The molecule has 7 heteroatoms. The molecule has 1 aromatic heterocycles. The summed E-state index contributed by atoms with van der Waals surface area (Å²) in [5, 5.41) is 15.1. The lowest BCUT2D eigenvalue weighted by atomic mass is 10.1. The molecule has 0 aliphatic rings. The minimum atomic E-state index is -1.04. The highest BCUT2D eigenvalue weighted by Crippen LogP contribution is 2.20. The Labute approximate surface area is 144 Å². The first-order chi connectivity index (χ1) is 12.2. The van der Waals surface area contributed by atoms with Crippen molar-refractivity contribution in [3.05, 3.63) is 72.2 Å². The van der Waals surface area contributed by atoms with Gasteiger partial charge in [-0.05, 0) is 35.4 Å². The standard InChI is InChI=1S/C18H16N4O3/c23-18(24)20-9-13-1-3-14(4-2-13)10-21-22-16-7-5-15(6-8-16)17-11-19-12-25-17/h1-8,10-12,20,22H,9H2,(H,23,24)/b21-10+. The van der Waals surface area contributed by atoms with Gasteiger partial charge in [0.05, 0.1) is 18.1 Å². The van der Waals surface area contributed by atoms with Crippen LogP contribution in [0.1, 0.15) is 11.1 Å². The number of carbonyl (C=O) groups is 1. The first-order valence-corrected chi connectivity index (χ1v) is 7.54. The molecule has 3 rings (SSSR count). The molecule has 0 aliphatic carbocycles. The van der Waals surface area contributed by atoms with Gasteiger partial charge in [0.2, 0.25) is 0 Å². The van der Waals surface area contributed by atoms with Crippen LogP contribution in [-0.2, 0) is 6.54 Å². The van der Waals surface area contributed by atoms with Crippen molar-refractivity contribution in [2.75, 3.05) is 5.43 Å². The second kappa shape index (κ2) is 7.78. The highest BCUT2D eigenvalue weighted by molar-refractivity contribution is 5.80. The SMILES string of the molecule is O=C(O)NCc1ccc(/C=N/Nc2ccc(-c3cnco3)cc2)cc1. The maximum absolute atomic E-state index is 10.5. The first kappa shape index (κ1) is 16.3. The van der Waals surface area contributed by atoms with E-state index in [1.165, 1.54) is 6.39 Å². The van der Waals surface area contributed by atoms with Gasteiger partial charge in [0.25, 0.3) is 0 Å². The van der Waals surface area contributed by atoms with Crippen molar-refractivity contribution in [3.63, 3.8) is 0 Å². The number of benzene rings is 2. The van der Waals surface area contributed by atoms with E-state index >= 15 is 0 Å². The predicted molar refractivity (Wildman–Crippen MR) is 94.5 cm³/mol. The molecule has 0 atom stereocenters. The van der Waals surface area contributed by atoms with E-state index in [1.807, 2.05) is 48.5 Å². The van der Waals surface area contributed by atoms with Gasteiger partial charge in [-0.25, -0.2) is 9.78 Å². The third kappa shape index (κ3) is 4.68. The van der Waals surface area contributed by atoms with Crippen LogP contribution in [0.5, 0.6) is 0 Å². The van der Waals surface area contributed by atoms with E-state index in [9.17, 15) is 4.79 Å². The van der Waals surface area contributed by atoms with Crippen molar-refractivity contribution < 1.29 is 14.3 Å². The fourth-order valence-electron chi connectivity index (χ4n) is 2.15. The van der Waals surface area contributed by atoms with E-state index in [2.05, 4.69) is 20.8 Å². The quantitative estimate of drug-likeness (QED) is 0.472. The number of oxazole rings is 1. The fraction of sp³-hybridized carbons (Fsp3) is 0.0556. The highest BCUT2D eigenvalue weighted by atomic mass is 16.4. The Balaban J connectivity index is 1.55. The summed E-state index contributed by atoms with van der Waals surface area (Å²) >= 11 is 0. The molecular formula is C18H16N4O3. The van der Waals surface area contributed by atoms with Crippen molar-refractivity contribution in [3.8, 4) is 11.3 Å². The molecular weight excluding hydrogens is 320 g/mol. The second-order valence-electron chi connectivity index (χ2n) is 5.21. The summed E-state index contributed by atoms with van der Waals surface area (Å²) < 4.78 is 5.24. The Morgan fingerprint density at radius 1 is 1.16 bits per heavy atom. The van der Waals surface area contributed by atoms with Gasteiger partial charge >= 0.3 is 6.09 Å². The molecule has 0 saturated heterocycles. The van der Waals surface area contributed by atoms with Crippen LogP contribution in [0, 0.1) is 0 Å². The lowest BCUT2D eigenvalue weighted by Gasteiger charge is -2.03. The molecule has 0 fully saturated rings. The Bertz CT molecular complexity index is 841. The monoisotopic (exact) mass is 336 g/mol. The van der Waals surface area contributed by atoms with Crippen LogP contribution in [0.15, 0.2) is 70.6 Å². The summed E-state index contributed by atoms with van der Waals surface area (Å²) in [5.74, 6) is 0.715.